The van der Waals surface area contributed by atoms with Gasteiger partial charge in [-0.05, 0) is 19.1 Å². The van der Waals surface area contributed by atoms with Gasteiger partial charge in [0.05, 0.1) is 11.3 Å². The monoisotopic (exact) mass is 286 g/mol. The number of carbonyl (C=O) groups excluding carboxylic acids is 1. The Kier molecular flexibility index (Phi) is 3.53. The summed E-state index contributed by atoms with van der Waals surface area (Å²) in [7, 11) is 0. The minimum atomic E-state index is -1.59. The van der Waals surface area contributed by atoms with Crippen LogP contribution in [-0.2, 0) is 0 Å². The molecule has 0 saturated carbocycles. The predicted molar refractivity (Wildman–Crippen MR) is 62.5 cm³/mol. The van der Waals surface area contributed by atoms with Crippen LogP contribution in [-0.4, -0.2) is 16.3 Å². The van der Waals surface area contributed by atoms with Gasteiger partial charge in [-0.2, -0.15) is 0 Å². The summed E-state index contributed by atoms with van der Waals surface area (Å²) in [6.07, 6.45) is 0.371. The lowest BCUT2D eigenvalue weighted by Gasteiger charge is -2.07. The maximum Gasteiger partial charge on any atom is 0.194 e. The highest BCUT2D eigenvalue weighted by atomic mass is 35.5. The molecule has 0 aliphatic rings. The minimum absolute atomic E-state index is 0.0506. The molecular weight excluding hydrogens is 281 g/mol. The average Bonchev–Trinajstić information content (AvgIpc) is 2.34. The van der Waals surface area contributed by atoms with E-state index in [1.807, 2.05) is 0 Å². The van der Waals surface area contributed by atoms with Crippen LogP contribution in [0.15, 0.2) is 12.1 Å². The Morgan fingerprint density at radius 3 is 2.26 bits per heavy atom. The molecule has 0 spiro atoms. The smallest absolute Gasteiger partial charge is 0.194 e. The van der Waals surface area contributed by atoms with Gasteiger partial charge >= 0.3 is 0 Å². The lowest BCUT2D eigenvalue weighted by atomic mass is 10.1. The minimum Gasteiger partial charge on any atom is -0.298 e. The molecule has 7 heteroatoms. The van der Waals surface area contributed by atoms with Gasteiger partial charge in [0.15, 0.2) is 23.7 Å². The first-order chi connectivity index (χ1) is 8.93. The first-order valence-corrected chi connectivity index (χ1v) is 5.46. The predicted octanol–water partition coefficient (Wildman–Crippen LogP) is 3.34. The number of benzene rings is 1. The molecule has 98 valence electrons. The Labute approximate surface area is 111 Å². The maximum atomic E-state index is 13.2. The molecule has 2 rings (SSSR count). The fraction of sp³-hybridized carbons (Fsp3) is 0.0833. The molecule has 0 bridgehead atoms. The quantitative estimate of drug-likeness (QED) is 0.483. The summed E-state index contributed by atoms with van der Waals surface area (Å²) in [5.41, 5.74) is -0.256. The molecule has 0 saturated heterocycles. The van der Waals surface area contributed by atoms with Crippen molar-refractivity contribution in [3.8, 4) is 11.3 Å². The number of hydrogen-bond donors (Lipinski definition) is 0. The highest BCUT2D eigenvalue weighted by molar-refractivity contribution is 6.32. The first-order valence-electron chi connectivity index (χ1n) is 5.08. The van der Waals surface area contributed by atoms with Gasteiger partial charge in [0.2, 0.25) is 0 Å². The van der Waals surface area contributed by atoms with Crippen LogP contribution in [0.1, 0.15) is 16.2 Å². The van der Waals surface area contributed by atoms with Gasteiger partial charge in [0, 0.05) is 5.56 Å². The van der Waals surface area contributed by atoms with Gasteiger partial charge in [0.25, 0.3) is 0 Å². The topological polar surface area (TPSA) is 42.9 Å². The molecule has 2 aromatic rings. The molecule has 0 aliphatic heterocycles. The van der Waals surface area contributed by atoms with Gasteiger partial charge in [-0.15, -0.1) is 0 Å². The number of nitrogens with zero attached hydrogens (tertiary/aromatic N) is 2. The van der Waals surface area contributed by atoms with Crippen LogP contribution in [0.4, 0.5) is 13.2 Å². The van der Waals surface area contributed by atoms with Crippen molar-refractivity contribution < 1.29 is 18.0 Å². The van der Waals surface area contributed by atoms with Crippen molar-refractivity contribution >= 4 is 17.9 Å². The van der Waals surface area contributed by atoms with Crippen molar-refractivity contribution in [3.05, 3.63) is 46.1 Å². The molecule has 0 fully saturated rings. The third-order valence-electron chi connectivity index (χ3n) is 2.39. The number of aromatic nitrogens is 2. The van der Waals surface area contributed by atoms with Gasteiger partial charge in [-0.25, -0.2) is 23.1 Å². The van der Waals surface area contributed by atoms with E-state index in [-0.39, 0.29) is 27.8 Å². The van der Waals surface area contributed by atoms with Crippen LogP contribution in [0.25, 0.3) is 11.3 Å². The lowest BCUT2D eigenvalue weighted by Crippen LogP contribution is -2.01. The zero-order valence-corrected chi connectivity index (χ0v) is 10.3. The molecule has 0 radical (unpaired) electrons. The summed E-state index contributed by atoms with van der Waals surface area (Å²) in [4.78, 5) is 18.6. The number of hydrogen-bond acceptors (Lipinski definition) is 3. The Morgan fingerprint density at radius 2 is 1.74 bits per heavy atom. The van der Waals surface area contributed by atoms with Gasteiger partial charge in [0.1, 0.15) is 11.0 Å². The maximum absolute atomic E-state index is 13.2. The van der Waals surface area contributed by atoms with Crippen molar-refractivity contribution in [2.75, 3.05) is 0 Å². The zero-order chi connectivity index (χ0) is 14.2. The number of rotatable bonds is 2. The number of halogens is 4. The normalized spacial score (nSPS) is 10.6. The van der Waals surface area contributed by atoms with E-state index in [1.54, 1.807) is 0 Å². The molecule has 1 aromatic heterocycles. The van der Waals surface area contributed by atoms with Crippen LogP contribution < -0.4 is 0 Å². The van der Waals surface area contributed by atoms with E-state index in [9.17, 15) is 18.0 Å². The molecule has 0 aliphatic carbocycles. The summed E-state index contributed by atoms with van der Waals surface area (Å²) < 4.78 is 39.3. The standard InChI is InChI=1S/C12H6ClF3N2O/c1-5-17-11(7(4-19)12(13)18-5)6-2-8(14)10(16)9(15)3-6/h2-4H,1H3. The van der Waals surface area contributed by atoms with Crippen LogP contribution in [0.2, 0.25) is 5.15 Å². The Balaban J connectivity index is 2.75. The third kappa shape index (κ3) is 2.44. The molecule has 1 heterocycles. The van der Waals surface area contributed by atoms with E-state index in [4.69, 9.17) is 11.6 Å². The van der Waals surface area contributed by atoms with Crippen LogP contribution >= 0.6 is 11.6 Å². The van der Waals surface area contributed by atoms with Crippen LogP contribution in [0, 0.1) is 24.4 Å². The van der Waals surface area contributed by atoms with Crippen molar-refractivity contribution in [1.82, 2.24) is 9.97 Å². The molecule has 0 N–H and O–H groups in total. The second-order valence-corrected chi connectivity index (χ2v) is 4.05. The van der Waals surface area contributed by atoms with E-state index >= 15 is 0 Å². The van der Waals surface area contributed by atoms with Crippen molar-refractivity contribution in [2.45, 2.75) is 6.92 Å². The van der Waals surface area contributed by atoms with Crippen LogP contribution in [0.5, 0.6) is 0 Å². The third-order valence-corrected chi connectivity index (χ3v) is 2.67. The van der Waals surface area contributed by atoms with E-state index in [0.29, 0.717) is 6.29 Å². The molecule has 19 heavy (non-hydrogen) atoms. The molecule has 1 aromatic carbocycles. The Bertz CT molecular complexity index is 653. The zero-order valence-electron chi connectivity index (χ0n) is 9.55. The second kappa shape index (κ2) is 4.97. The van der Waals surface area contributed by atoms with Crippen LogP contribution in [0.3, 0.4) is 0 Å². The largest absolute Gasteiger partial charge is 0.298 e. The average molecular weight is 287 g/mol. The first kappa shape index (κ1) is 13.5. The van der Waals surface area contributed by atoms with E-state index in [2.05, 4.69) is 9.97 Å². The summed E-state index contributed by atoms with van der Waals surface area (Å²) in [5.74, 6) is -4.12. The van der Waals surface area contributed by atoms with E-state index < -0.39 is 17.5 Å². The molecule has 0 atom stereocenters. The van der Waals surface area contributed by atoms with Crippen molar-refractivity contribution in [1.29, 1.82) is 0 Å². The fourth-order valence-electron chi connectivity index (χ4n) is 1.56. The fourth-order valence-corrected chi connectivity index (χ4v) is 1.82. The molecule has 0 amide bonds. The van der Waals surface area contributed by atoms with Gasteiger partial charge in [-0.3, -0.25) is 4.79 Å². The summed E-state index contributed by atoms with van der Waals surface area (Å²) in [5, 5.41) is -0.136. The molecule has 0 unspecified atom stereocenters. The summed E-state index contributed by atoms with van der Waals surface area (Å²) >= 11 is 5.75. The summed E-state index contributed by atoms with van der Waals surface area (Å²) in [6.45, 7) is 1.50. The highest BCUT2D eigenvalue weighted by Crippen LogP contribution is 2.27. The molecular formula is C12H6ClF3N2O. The van der Waals surface area contributed by atoms with Gasteiger partial charge < -0.3 is 0 Å². The lowest BCUT2D eigenvalue weighted by molar-refractivity contribution is 0.112. The van der Waals surface area contributed by atoms with Crippen molar-refractivity contribution in [2.24, 2.45) is 0 Å². The van der Waals surface area contributed by atoms with E-state index in [1.165, 1.54) is 6.92 Å². The number of aryl methyl sites for hydroxylation is 1. The molecule has 3 nitrogen and oxygen atoms in total. The Hall–Kier alpha value is -1.95. The summed E-state index contributed by atoms with van der Waals surface area (Å²) in [6, 6.07) is 1.48. The Morgan fingerprint density at radius 1 is 1.16 bits per heavy atom. The van der Waals surface area contributed by atoms with E-state index in [0.717, 1.165) is 12.1 Å². The van der Waals surface area contributed by atoms with Gasteiger partial charge in [-0.1, -0.05) is 11.6 Å². The second-order valence-electron chi connectivity index (χ2n) is 3.70. The van der Waals surface area contributed by atoms with Crippen molar-refractivity contribution in [3.63, 3.8) is 0 Å². The highest BCUT2D eigenvalue weighted by Gasteiger charge is 2.17. The number of aldehydes is 1. The SMILES string of the molecule is Cc1nc(Cl)c(C=O)c(-c2cc(F)c(F)c(F)c2)n1. The number of carbonyl (C=O) groups is 1.